The highest BCUT2D eigenvalue weighted by atomic mass is 127. The normalized spacial score (nSPS) is 11.1. The van der Waals surface area contributed by atoms with E-state index >= 15 is 0 Å². The molecule has 2 amide bonds. The van der Waals surface area contributed by atoms with E-state index in [9.17, 15) is 9.59 Å². The van der Waals surface area contributed by atoms with Gasteiger partial charge in [-0.25, -0.2) is 9.79 Å². The summed E-state index contributed by atoms with van der Waals surface area (Å²) in [5.41, 5.74) is 2.20. The minimum atomic E-state index is -0.537. The third kappa shape index (κ3) is 13.6. The molecule has 8 nitrogen and oxygen atoms in total. The van der Waals surface area contributed by atoms with Gasteiger partial charge in [0.05, 0.1) is 0 Å². The second-order valence-corrected chi connectivity index (χ2v) is 8.26. The fourth-order valence-corrected chi connectivity index (χ4v) is 2.20. The van der Waals surface area contributed by atoms with Crippen LogP contribution in [0.4, 0.5) is 10.5 Å². The number of carbonyl (C=O) groups is 2. The third-order valence-corrected chi connectivity index (χ3v) is 3.73. The molecule has 1 aromatic rings. The zero-order valence-electron chi connectivity index (χ0n) is 19.4. The Morgan fingerprint density at radius 3 is 2.26 bits per heavy atom. The number of anilines is 1. The number of carbonyl (C=O) groups excluding carboxylic acids is 2. The van der Waals surface area contributed by atoms with E-state index in [-0.39, 0.29) is 36.4 Å². The van der Waals surface area contributed by atoms with Crippen LogP contribution in [0.15, 0.2) is 41.4 Å². The zero-order valence-corrected chi connectivity index (χ0v) is 21.7. The molecule has 0 atom stereocenters. The zero-order chi connectivity index (χ0) is 22.7. The molecule has 0 aromatic heterocycles. The van der Waals surface area contributed by atoms with Gasteiger partial charge in [-0.3, -0.25) is 10.1 Å². The van der Waals surface area contributed by atoms with Gasteiger partial charge < -0.3 is 20.3 Å². The van der Waals surface area contributed by atoms with Crippen LogP contribution < -0.4 is 16.0 Å². The summed E-state index contributed by atoms with van der Waals surface area (Å²) in [7, 11) is 3.40. The second kappa shape index (κ2) is 13.9. The smallest absolute Gasteiger partial charge is 0.412 e. The molecule has 3 N–H and O–H groups in total. The standard InChI is InChI=1S/C22H35N5O3.HI/c1-16(2)14-24-20(25-15-19(28)27(6)7)23-13-12-17-8-10-18(11-9-17)26-21(29)30-22(3,4)5;/h8-11H,1,12-15H2,2-7H3,(H,26,29)(H2,23,24,25);1H. The summed E-state index contributed by atoms with van der Waals surface area (Å²) in [5, 5.41) is 9.10. The van der Waals surface area contributed by atoms with E-state index in [0.29, 0.717) is 24.7 Å². The molecule has 1 aromatic carbocycles. The SMILES string of the molecule is C=C(C)CNC(=NCC(=O)N(C)C)NCCc1ccc(NC(=O)OC(C)(C)C)cc1.I. The summed E-state index contributed by atoms with van der Waals surface area (Å²) < 4.78 is 5.24. The number of benzene rings is 1. The molecule has 0 unspecified atom stereocenters. The molecule has 1 rings (SSSR count). The molecule has 9 heteroatoms. The van der Waals surface area contributed by atoms with Crippen LogP contribution in [0.1, 0.15) is 33.3 Å². The Morgan fingerprint density at radius 1 is 1.13 bits per heavy atom. The lowest BCUT2D eigenvalue weighted by Gasteiger charge is -2.19. The predicted octanol–water partition coefficient (Wildman–Crippen LogP) is 3.39. The van der Waals surface area contributed by atoms with E-state index in [1.54, 1.807) is 14.1 Å². The van der Waals surface area contributed by atoms with E-state index in [1.807, 2.05) is 52.0 Å². The molecule has 0 aliphatic rings. The minimum Gasteiger partial charge on any atom is -0.444 e. The lowest BCUT2D eigenvalue weighted by molar-refractivity contribution is -0.127. The van der Waals surface area contributed by atoms with Crippen molar-refractivity contribution in [2.24, 2.45) is 4.99 Å². The number of aliphatic imine (C=N–C) groups is 1. The molecule has 31 heavy (non-hydrogen) atoms. The Morgan fingerprint density at radius 2 is 1.74 bits per heavy atom. The molecule has 174 valence electrons. The lowest BCUT2D eigenvalue weighted by Crippen LogP contribution is -2.40. The van der Waals surface area contributed by atoms with Gasteiger partial charge in [0.15, 0.2) is 5.96 Å². The van der Waals surface area contributed by atoms with Gasteiger partial charge in [-0.15, -0.1) is 24.0 Å². The van der Waals surface area contributed by atoms with E-state index < -0.39 is 11.7 Å². The van der Waals surface area contributed by atoms with Crippen molar-refractivity contribution >= 4 is 47.6 Å². The van der Waals surface area contributed by atoms with Crippen LogP contribution >= 0.6 is 24.0 Å². The monoisotopic (exact) mass is 545 g/mol. The summed E-state index contributed by atoms with van der Waals surface area (Å²) >= 11 is 0. The molecule has 0 saturated carbocycles. The molecule has 0 saturated heterocycles. The summed E-state index contributed by atoms with van der Waals surface area (Å²) in [6, 6.07) is 7.57. The van der Waals surface area contributed by atoms with Gasteiger partial charge in [0.1, 0.15) is 12.1 Å². The Hall–Kier alpha value is -2.30. The van der Waals surface area contributed by atoms with Crippen LogP contribution in [0.2, 0.25) is 0 Å². The van der Waals surface area contributed by atoms with Crippen molar-refractivity contribution in [1.82, 2.24) is 15.5 Å². The summed E-state index contributed by atoms with van der Waals surface area (Å²) in [5.74, 6) is 0.496. The number of nitrogens with zero attached hydrogens (tertiary/aromatic N) is 2. The van der Waals surface area contributed by atoms with Gasteiger partial charge in [0.25, 0.3) is 0 Å². The minimum absolute atomic E-state index is 0. The van der Waals surface area contributed by atoms with Crippen LogP contribution in [0, 0.1) is 0 Å². The molecule has 0 spiro atoms. The number of halogens is 1. The number of rotatable bonds is 8. The molecule has 0 bridgehead atoms. The first kappa shape index (κ1) is 28.7. The number of ether oxygens (including phenoxy) is 1. The van der Waals surface area contributed by atoms with Crippen molar-refractivity contribution in [2.75, 3.05) is 39.0 Å². The molecule has 0 aliphatic carbocycles. The lowest BCUT2D eigenvalue weighted by atomic mass is 10.1. The molecule has 0 aliphatic heterocycles. The van der Waals surface area contributed by atoms with Crippen LogP contribution in [-0.4, -0.2) is 62.2 Å². The largest absolute Gasteiger partial charge is 0.444 e. The number of likely N-dealkylation sites (N-methyl/N-ethyl adjacent to an activating group) is 1. The average Bonchev–Trinajstić information content (AvgIpc) is 2.62. The maximum Gasteiger partial charge on any atom is 0.412 e. The molecular formula is C22H36IN5O3. The first-order valence-electron chi connectivity index (χ1n) is 9.92. The number of hydrogen-bond donors (Lipinski definition) is 3. The van der Waals surface area contributed by atoms with Gasteiger partial charge in [-0.2, -0.15) is 0 Å². The quantitative estimate of drug-likeness (QED) is 0.202. The van der Waals surface area contributed by atoms with Crippen molar-refractivity contribution < 1.29 is 14.3 Å². The van der Waals surface area contributed by atoms with Crippen LogP contribution in [0.25, 0.3) is 0 Å². The van der Waals surface area contributed by atoms with Crippen molar-refractivity contribution in [1.29, 1.82) is 0 Å². The Kier molecular flexibility index (Phi) is 12.9. The molecular weight excluding hydrogens is 509 g/mol. The van der Waals surface area contributed by atoms with Crippen LogP contribution in [0.3, 0.4) is 0 Å². The maximum absolute atomic E-state index is 11.8. The second-order valence-electron chi connectivity index (χ2n) is 8.26. The Labute approximate surface area is 202 Å². The number of guanidine groups is 1. The van der Waals surface area contributed by atoms with E-state index in [1.165, 1.54) is 4.90 Å². The van der Waals surface area contributed by atoms with Crippen molar-refractivity contribution in [3.05, 3.63) is 42.0 Å². The first-order chi connectivity index (χ1) is 14.0. The van der Waals surface area contributed by atoms with Crippen molar-refractivity contribution in [2.45, 2.75) is 39.7 Å². The predicted molar refractivity (Wildman–Crippen MR) is 137 cm³/mol. The number of hydrogen-bond acceptors (Lipinski definition) is 4. The summed E-state index contributed by atoms with van der Waals surface area (Å²) in [6.07, 6.45) is 0.274. The van der Waals surface area contributed by atoms with Gasteiger partial charge in [-0.05, 0) is 51.8 Å². The Balaban J connectivity index is 0.00000900. The molecule has 0 radical (unpaired) electrons. The first-order valence-corrected chi connectivity index (χ1v) is 9.92. The maximum atomic E-state index is 11.8. The van der Waals surface area contributed by atoms with Crippen LogP contribution in [-0.2, 0) is 16.0 Å². The number of amides is 2. The third-order valence-electron chi connectivity index (χ3n) is 3.73. The fourth-order valence-electron chi connectivity index (χ4n) is 2.20. The fraction of sp³-hybridized carbons (Fsp3) is 0.500. The van der Waals surface area contributed by atoms with Crippen molar-refractivity contribution in [3.63, 3.8) is 0 Å². The van der Waals surface area contributed by atoms with Crippen molar-refractivity contribution in [3.8, 4) is 0 Å². The van der Waals surface area contributed by atoms with Gasteiger partial charge in [0.2, 0.25) is 5.91 Å². The highest BCUT2D eigenvalue weighted by Crippen LogP contribution is 2.13. The number of nitrogens with one attached hydrogen (secondary N) is 3. The summed E-state index contributed by atoms with van der Waals surface area (Å²) in [6.45, 7) is 12.5. The molecule has 0 fully saturated rings. The van der Waals surface area contributed by atoms with Gasteiger partial charge >= 0.3 is 6.09 Å². The van der Waals surface area contributed by atoms with E-state index in [0.717, 1.165) is 17.6 Å². The van der Waals surface area contributed by atoms with Gasteiger partial charge in [-0.1, -0.05) is 24.3 Å². The highest BCUT2D eigenvalue weighted by Gasteiger charge is 2.16. The average molecular weight is 545 g/mol. The Bertz CT molecular complexity index is 755. The van der Waals surface area contributed by atoms with E-state index in [4.69, 9.17) is 4.74 Å². The van der Waals surface area contributed by atoms with Crippen LogP contribution in [0.5, 0.6) is 0 Å². The topological polar surface area (TPSA) is 95.1 Å². The molecule has 0 heterocycles. The summed E-state index contributed by atoms with van der Waals surface area (Å²) in [4.78, 5) is 29.4. The van der Waals surface area contributed by atoms with Gasteiger partial charge in [0, 0.05) is 32.9 Å². The van der Waals surface area contributed by atoms with E-state index in [2.05, 4.69) is 27.5 Å². The highest BCUT2D eigenvalue weighted by molar-refractivity contribution is 14.0.